The van der Waals surface area contributed by atoms with Crippen molar-refractivity contribution in [3.05, 3.63) is 20.8 Å². The first-order chi connectivity index (χ1) is 10.7. The van der Waals surface area contributed by atoms with Crippen LogP contribution in [0.3, 0.4) is 0 Å². The number of rotatable bonds is 0. The Morgan fingerprint density at radius 1 is 1.42 bits per heavy atom. The van der Waals surface area contributed by atoms with Crippen molar-refractivity contribution >= 4 is 40.3 Å². The molecule has 0 saturated carbocycles. The first-order valence-electron chi connectivity index (χ1n) is 7.14. The van der Waals surface area contributed by atoms with Crippen molar-refractivity contribution < 1.29 is 60.9 Å². The number of aromatic nitrogens is 2. The van der Waals surface area contributed by atoms with Gasteiger partial charge in [0.15, 0.2) is 0 Å². The summed E-state index contributed by atoms with van der Waals surface area (Å²) in [7, 11) is 0. The minimum absolute atomic E-state index is 0. The van der Waals surface area contributed by atoms with E-state index in [4.69, 9.17) is 23.2 Å². The number of amides is 1. The molecule has 0 aliphatic carbocycles. The van der Waals surface area contributed by atoms with E-state index in [0.717, 1.165) is 15.1 Å². The second kappa shape index (κ2) is 7.18. The van der Waals surface area contributed by atoms with Crippen LogP contribution in [0.25, 0.3) is 10.2 Å². The smallest absolute Gasteiger partial charge is 0.740 e. The largest absolute Gasteiger partial charge is 1.00 e. The minimum Gasteiger partial charge on any atom is -0.740 e. The summed E-state index contributed by atoms with van der Waals surface area (Å²) < 4.78 is 6.30. The average molecular weight is 393 g/mol. The topological polar surface area (TPSA) is 90.4 Å². The van der Waals surface area contributed by atoms with Crippen molar-refractivity contribution in [2.45, 2.75) is 44.5 Å². The summed E-state index contributed by atoms with van der Waals surface area (Å²) in [6.45, 7) is 6.39. The van der Waals surface area contributed by atoms with Crippen molar-refractivity contribution in [1.29, 1.82) is 0 Å². The zero-order chi connectivity index (χ0) is 16.9. The molecule has 0 aromatic carbocycles. The van der Waals surface area contributed by atoms with Crippen LogP contribution in [-0.4, -0.2) is 32.8 Å². The van der Waals surface area contributed by atoms with Gasteiger partial charge in [0.1, 0.15) is 10.4 Å². The third-order valence-electron chi connectivity index (χ3n) is 3.53. The van der Waals surface area contributed by atoms with Gasteiger partial charge in [0, 0.05) is 16.6 Å². The molecule has 1 aliphatic heterocycles. The van der Waals surface area contributed by atoms with Crippen LogP contribution in [0.15, 0.2) is 9.95 Å². The third-order valence-corrected chi connectivity index (χ3v) is 4.92. The molecule has 124 valence electrons. The molecule has 0 spiro atoms. The number of thiophene rings is 1. The average Bonchev–Trinajstić information content (AvgIpc) is 2.80. The number of nitrogens with zero attached hydrogens (tertiary/aromatic N) is 3. The van der Waals surface area contributed by atoms with Gasteiger partial charge < -0.3 is 28.1 Å². The van der Waals surface area contributed by atoms with Crippen molar-refractivity contribution in [3.8, 4) is 0 Å². The Balaban J connectivity index is 0.00000208. The zero-order valence-electron chi connectivity index (χ0n) is 14.1. The van der Waals surface area contributed by atoms with Gasteiger partial charge in [-0.05, 0) is 32.8 Å². The first kappa shape index (κ1) is 20.1. The van der Waals surface area contributed by atoms with E-state index in [1.165, 1.54) is 11.3 Å². The van der Waals surface area contributed by atoms with Gasteiger partial charge in [-0.15, -0.1) is 11.3 Å². The fourth-order valence-corrected chi connectivity index (χ4v) is 3.98. The second-order valence-electron chi connectivity index (χ2n) is 6.41. The van der Waals surface area contributed by atoms with Crippen LogP contribution in [-0.2, 0) is 30.3 Å². The Bertz CT molecular complexity index is 856. The molecular weight excluding hydrogens is 375 g/mol. The summed E-state index contributed by atoms with van der Waals surface area (Å²) in [6, 6.07) is 0. The molecule has 0 bridgehead atoms. The number of nitrogen functional groups attached to an aromatic ring is 1. The second-order valence-corrected chi connectivity index (χ2v) is 7.85. The molecule has 7 nitrogen and oxygen atoms in total. The van der Waals surface area contributed by atoms with Crippen LogP contribution in [0.1, 0.15) is 31.2 Å². The van der Waals surface area contributed by atoms with Crippen molar-refractivity contribution in [3.63, 3.8) is 0 Å². The molecule has 0 atom stereocenters. The number of carbonyl (C=O) groups is 1. The minimum atomic E-state index is -0.538. The van der Waals surface area contributed by atoms with E-state index >= 15 is 0 Å². The van der Waals surface area contributed by atoms with E-state index in [9.17, 15) is 9.59 Å². The monoisotopic (exact) mass is 392 g/mol. The van der Waals surface area contributed by atoms with Gasteiger partial charge in [0.05, 0.1) is 11.9 Å². The normalized spacial score (nSPS) is 14.2. The van der Waals surface area contributed by atoms with Crippen LogP contribution in [0.2, 0.25) is 0 Å². The van der Waals surface area contributed by atoms with Crippen molar-refractivity contribution in [1.82, 2.24) is 14.6 Å². The first-order valence-corrected chi connectivity index (χ1v) is 8.37. The molecule has 0 saturated heterocycles. The van der Waals surface area contributed by atoms with E-state index in [2.05, 4.69) is 4.98 Å². The Morgan fingerprint density at radius 2 is 2.08 bits per heavy atom. The Labute approximate surface area is 191 Å². The van der Waals surface area contributed by atoms with E-state index < -0.39 is 5.60 Å². The van der Waals surface area contributed by atoms with Crippen LogP contribution in [0.4, 0.5) is 4.79 Å². The van der Waals surface area contributed by atoms with Gasteiger partial charge >= 0.3 is 57.5 Å². The van der Waals surface area contributed by atoms with E-state index in [1.807, 2.05) is 20.8 Å². The van der Waals surface area contributed by atoms with Crippen LogP contribution in [0.5, 0.6) is 0 Å². The molecular formula is C14H17KN4O3S2. The number of ether oxygens (including phenoxy) is 1. The Kier molecular flexibility index (Phi) is 6.01. The zero-order valence-corrected chi connectivity index (χ0v) is 18.8. The quantitative estimate of drug-likeness (QED) is 0.251. The SMILES string of the molecule is CC(C)(C)OC(=O)N1CCc2c(sc3nc([S-])n(N)c(=O)c23)C1.[K+]. The third kappa shape index (κ3) is 3.79. The van der Waals surface area contributed by atoms with Crippen molar-refractivity contribution in [2.24, 2.45) is 0 Å². The molecule has 2 aromatic rings. The van der Waals surface area contributed by atoms with Gasteiger partial charge in [-0.2, -0.15) is 0 Å². The maximum atomic E-state index is 12.3. The predicted molar refractivity (Wildman–Crippen MR) is 90.0 cm³/mol. The summed E-state index contributed by atoms with van der Waals surface area (Å²) in [5, 5.41) is 0.579. The molecule has 3 heterocycles. The van der Waals surface area contributed by atoms with Gasteiger partial charge in [0.25, 0.3) is 5.56 Å². The molecule has 2 N–H and O–H groups in total. The number of carbonyl (C=O) groups excluding carboxylic acids is 1. The van der Waals surface area contributed by atoms with E-state index in [-0.39, 0.29) is 68.2 Å². The number of hydrogen-bond acceptors (Lipinski definition) is 7. The molecule has 1 amide bonds. The van der Waals surface area contributed by atoms with E-state index in [1.54, 1.807) is 4.90 Å². The predicted octanol–water partition coefficient (Wildman–Crippen LogP) is -1.63. The summed E-state index contributed by atoms with van der Waals surface area (Å²) in [5.41, 5.74) is 0.0450. The fraction of sp³-hybridized carbons (Fsp3) is 0.500. The van der Waals surface area contributed by atoms with Crippen LogP contribution < -0.4 is 62.8 Å². The summed E-state index contributed by atoms with van der Waals surface area (Å²) >= 11 is 6.36. The van der Waals surface area contributed by atoms with Crippen LogP contribution >= 0.6 is 11.3 Å². The molecule has 24 heavy (non-hydrogen) atoms. The van der Waals surface area contributed by atoms with Gasteiger partial charge in [-0.3, -0.25) is 4.79 Å². The summed E-state index contributed by atoms with van der Waals surface area (Å²) in [6.07, 6.45) is 0.219. The van der Waals surface area contributed by atoms with Crippen LogP contribution in [0, 0.1) is 0 Å². The maximum absolute atomic E-state index is 12.3. The molecule has 0 fully saturated rings. The Morgan fingerprint density at radius 3 is 2.71 bits per heavy atom. The fourth-order valence-electron chi connectivity index (χ4n) is 2.52. The molecule has 1 aliphatic rings. The molecule has 10 heteroatoms. The van der Waals surface area contributed by atoms with Gasteiger partial charge in [-0.1, -0.05) is 0 Å². The summed E-state index contributed by atoms with van der Waals surface area (Å²) in [5.74, 6) is 5.64. The standard InChI is InChI=1S/C14H18N4O3S2.K/c1-14(2,3)21-13(20)17-5-4-7-8(6-17)23-10-9(7)11(19)18(15)12(22)16-10;/h4-6,15H2,1-3H3,(H,16,22);/q;+1/p-1. The summed E-state index contributed by atoms with van der Waals surface area (Å²) in [4.78, 5) is 31.9. The molecule has 2 aromatic heterocycles. The van der Waals surface area contributed by atoms with Gasteiger partial charge in [0.2, 0.25) is 0 Å². The number of fused-ring (bicyclic) bond motifs is 3. The van der Waals surface area contributed by atoms with E-state index in [0.29, 0.717) is 29.7 Å². The number of hydrogen-bond donors (Lipinski definition) is 1. The molecule has 0 unspecified atom stereocenters. The molecule has 3 rings (SSSR count). The van der Waals surface area contributed by atoms with Gasteiger partial charge in [-0.25, -0.2) is 14.5 Å². The maximum Gasteiger partial charge on any atom is 1.00 e. The number of nitrogens with two attached hydrogens (primary N) is 1. The Hall–Kier alpha value is -0.234. The van der Waals surface area contributed by atoms with Crippen molar-refractivity contribution in [2.75, 3.05) is 12.4 Å². The molecule has 0 radical (unpaired) electrons.